The first kappa shape index (κ1) is 20.8. The predicted molar refractivity (Wildman–Crippen MR) is 109 cm³/mol. The van der Waals surface area contributed by atoms with Gasteiger partial charge in [0.15, 0.2) is 5.82 Å². The van der Waals surface area contributed by atoms with Gasteiger partial charge in [0.25, 0.3) is 5.91 Å². The number of pyridine rings is 1. The molecule has 1 fully saturated rings. The highest BCUT2D eigenvalue weighted by Crippen LogP contribution is 2.31. The van der Waals surface area contributed by atoms with Crippen LogP contribution in [0.3, 0.4) is 0 Å². The van der Waals surface area contributed by atoms with Gasteiger partial charge in [0.2, 0.25) is 0 Å². The van der Waals surface area contributed by atoms with E-state index in [0.29, 0.717) is 30.9 Å². The van der Waals surface area contributed by atoms with Crippen LogP contribution in [0, 0.1) is 5.41 Å². The summed E-state index contributed by atoms with van der Waals surface area (Å²) in [5, 5.41) is 7.17. The molecule has 0 spiro atoms. The molecule has 156 valence electrons. The van der Waals surface area contributed by atoms with Crippen LogP contribution in [0.2, 0.25) is 0 Å². The lowest BCUT2D eigenvalue weighted by atomic mass is 9.79. The van der Waals surface area contributed by atoms with E-state index in [2.05, 4.69) is 15.4 Å². The van der Waals surface area contributed by atoms with Crippen LogP contribution in [0.1, 0.15) is 51.4 Å². The summed E-state index contributed by atoms with van der Waals surface area (Å²) in [5.74, 6) is 0.418. The fraction of sp³-hybridized carbons (Fsp3) is 0.524. The van der Waals surface area contributed by atoms with Gasteiger partial charge >= 0.3 is 6.09 Å². The quantitative estimate of drug-likeness (QED) is 0.857. The fourth-order valence-electron chi connectivity index (χ4n) is 3.56. The second-order valence-electron chi connectivity index (χ2n) is 9.03. The second kappa shape index (κ2) is 7.85. The van der Waals surface area contributed by atoms with Gasteiger partial charge in [0, 0.05) is 43.1 Å². The summed E-state index contributed by atoms with van der Waals surface area (Å²) >= 11 is 0. The molecule has 0 aliphatic carbocycles. The van der Waals surface area contributed by atoms with E-state index in [4.69, 9.17) is 4.74 Å². The number of nitrogens with zero attached hydrogens (tertiary/aromatic N) is 4. The molecule has 1 aliphatic heterocycles. The summed E-state index contributed by atoms with van der Waals surface area (Å²) in [4.78, 5) is 31.6. The first-order valence-corrected chi connectivity index (χ1v) is 9.81. The average molecular weight is 399 g/mol. The molecule has 1 saturated heterocycles. The van der Waals surface area contributed by atoms with Crippen molar-refractivity contribution < 1.29 is 14.3 Å². The molecular weight excluding hydrogens is 370 g/mol. The molecule has 1 unspecified atom stereocenters. The van der Waals surface area contributed by atoms with E-state index in [9.17, 15) is 9.59 Å². The van der Waals surface area contributed by atoms with Crippen molar-refractivity contribution in [2.24, 2.45) is 5.41 Å². The monoisotopic (exact) mass is 399 g/mol. The van der Waals surface area contributed by atoms with Crippen LogP contribution in [0.25, 0.3) is 5.82 Å². The number of carbonyl (C=O) groups is 2. The Morgan fingerprint density at radius 1 is 1.24 bits per heavy atom. The summed E-state index contributed by atoms with van der Waals surface area (Å²) in [5.41, 5.74) is -0.349. The fourth-order valence-corrected chi connectivity index (χ4v) is 3.56. The van der Waals surface area contributed by atoms with Crippen molar-refractivity contribution in [1.82, 2.24) is 25.0 Å². The lowest BCUT2D eigenvalue weighted by Gasteiger charge is -2.44. The minimum atomic E-state index is -0.548. The lowest BCUT2D eigenvalue weighted by molar-refractivity contribution is 0.0305. The first-order valence-electron chi connectivity index (χ1n) is 9.81. The van der Waals surface area contributed by atoms with Gasteiger partial charge in [-0.25, -0.2) is 14.5 Å². The number of rotatable bonds is 3. The smallest absolute Gasteiger partial charge is 0.407 e. The summed E-state index contributed by atoms with van der Waals surface area (Å²) in [6.07, 6.45) is 5.29. The molecule has 0 bridgehead atoms. The van der Waals surface area contributed by atoms with E-state index in [1.165, 1.54) is 0 Å². The summed E-state index contributed by atoms with van der Waals surface area (Å²) in [7, 11) is 0. The van der Waals surface area contributed by atoms with Crippen molar-refractivity contribution in [3.8, 4) is 5.82 Å². The topological polar surface area (TPSA) is 89.4 Å². The number of likely N-dealkylation sites (tertiary alicyclic amines) is 1. The van der Waals surface area contributed by atoms with Crippen molar-refractivity contribution in [2.45, 2.75) is 52.7 Å². The maximum absolute atomic E-state index is 13.3. The van der Waals surface area contributed by atoms with E-state index in [0.717, 1.165) is 0 Å². The highest BCUT2D eigenvalue weighted by Gasteiger charge is 2.39. The molecule has 1 aliphatic rings. The molecule has 3 rings (SSSR count). The molecule has 8 heteroatoms. The maximum atomic E-state index is 13.3. The van der Waals surface area contributed by atoms with Crippen molar-refractivity contribution in [2.75, 3.05) is 13.1 Å². The van der Waals surface area contributed by atoms with Gasteiger partial charge in [-0.15, -0.1) is 0 Å². The van der Waals surface area contributed by atoms with Gasteiger partial charge in [-0.3, -0.25) is 4.79 Å². The molecule has 2 amide bonds. The minimum Gasteiger partial charge on any atom is -0.444 e. The van der Waals surface area contributed by atoms with Crippen LogP contribution >= 0.6 is 0 Å². The van der Waals surface area contributed by atoms with Gasteiger partial charge < -0.3 is 15.0 Å². The van der Waals surface area contributed by atoms with E-state index in [1.54, 1.807) is 41.5 Å². The van der Waals surface area contributed by atoms with Crippen LogP contribution in [-0.2, 0) is 4.74 Å². The molecule has 0 saturated carbocycles. The summed E-state index contributed by atoms with van der Waals surface area (Å²) in [6.45, 7) is 10.7. The Kier molecular flexibility index (Phi) is 5.64. The second-order valence-corrected chi connectivity index (χ2v) is 9.03. The van der Waals surface area contributed by atoms with Crippen LogP contribution in [0.15, 0.2) is 36.8 Å². The third-order valence-electron chi connectivity index (χ3n) is 4.95. The predicted octanol–water partition coefficient (Wildman–Crippen LogP) is 3.03. The van der Waals surface area contributed by atoms with Crippen LogP contribution < -0.4 is 5.32 Å². The van der Waals surface area contributed by atoms with Gasteiger partial charge in [-0.05, 0) is 45.4 Å². The Balaban J connectivity index is 1.72. The molecule has 1 N–H and O–H groups in total. The SMILES string of the molecule is CC(C)(C)OC(=O)NC1CCN(C(=O)c2cccnc2-n2cccn2)CC1(C)C. The van der Waals surface area contributed by atoms with Gasteiger partial charge in [0.1, 0.15) is 5.60 Å². The highest BCUT2D eigenvalue weighted by atomic mass is 16.6. The standard InChI is InChI=1S/C21H29N5O3/c1-20(2,3)29-19(28)24-16-9-13-25(14-21(16,4)5)18(27)15-8-6-10-22-17(15)26-12-7-11-23-26/h6-8,10-12,16H,9,13-14H2,1-5H3,(H,24,28). The van der Waals surface area contributed by atoms with Gasteiger partial charge in [-0.1, -0.05) is 13.8 Å². The third kappa shape index (κ3) is 4.93. The van der Waals surface area contributed by atoms with E-state index in [1.807, 2.05) is 39.5 Å². The van der Waals surface area contributed by atoms with Crippen molar-refractivity contribution in [3.05, 3.63) is 42.4 Å². The number of alkyl carbamates (subject to hydrolysis) is 1. The molecule has 3 heterocycles. The van der Waals surface area contributed by atoms with Crippen LogP contribution in [0.5, 0.6) is 0 Å². The Hall–Kier alpha value is -2.90. The Labute approximate surface area is 171 Å². The number of carbonyl (C=O) groups excluding carboxylic acids is 2. The molecule has 29 heavy (non-hydrogen) atoms. The van der Waals surface area contributed by atoms with E-state index in [-0.39, 0.29) is 17.4 Å². The van der Waals surface area contributed by atoms with Gasteiger partial charge in [-0.2, -0.15) is 5.10 Å². The Bertz CT molecular complexity index is 871. The molecule has 0 radical (unpaired) electrons. The lowest BCUT2D eigenvalue weighted by Crippen LogP contribution is -2.57. The van der Waals surface area contributed by atoms with Gasteiger partial charge in [0.05, 0.1) is 5.56 Å². The Morgan fingerprint density at radius 3 is 2.62 bits per heavy atom. The first-order chi connectivity index (χ1) is 13.6. The zero-order chi connectivity index (χ0) is 21.2. The maximum Gasteiger partial charge on any atom is 0.407 e. The summed E-state index contributed by atoms with van der Waals surface area (Å²) < 4.78 is 6.98. The molecule has 2 aromatic rings. The minimum absolute atomic E-state index is 0.0825. The van der Waals surface area contributed by atoms with Crippen molar-refractivity contribution >= 4 is 12.0 Å². The Morgan fingerprint density at radius 2 is 2.00 bits per heavy atom. The van der Waals surface area contributed by atoms with Crippen molar-refractivity contribution in [3.63, 3.8) is 0 Å². The molecule has 8 nitrogen and oxygen atoms in total. The van der Waals surface area contributed by atoms with Crippen LogP contribution in [0.4, 0.5) is 4.79 Å². The van der Waals surface area contributed by atoms with Crippen LogP contribution in [-0.4, -0.2) is 56.4 Å². The zero-order valence-corrected chi connectivity index (χ0v) is 17.7. The summed E-state index contributed by atoms with van der Waals surface area (Å²) in [6, 6.07) is 5.23. The average Bonchev–Trinajstić information content (AvgIpc) is 3.15. The van der Waals surface area contributed by atoms with E-state index >= 15 is 0 Å². The molecule has 1 atom stereocenters. The highest BCUT2D eigenvalue weighted by molar-refractivity contribution is 5.97. The number of hydrogen-bond acceptors (Lipinski definition) is 5. The number of hydrogen-bond donors (Lipinski definition) is 1. The largest absolute Gasteiger partial charge is 0.444 e. The molecular formula is C21H29N5O3. The third-order valence-corrected chi connectivity index (χ3v) is 4.95. The van der Waals surface area contributed by atoms with E-state index < -0.39 is 11.7 Å². The number of nitrogens with one attached hydrogen (secondary N) is 1. The zero-order valence-electron chi connectivity index (χ0n) is 17.7. The molecule has 2 aromatic heterocycles. The van der Waals surface area contributed by atoms with Crippen molar-refractivity contribution in [1.29, 1.82) is 0 Å². The number of amides is 2. The number of aromatic nitrogens is 3. The number of piperidine rings is 1. The molecule has 0 aromatic carbocycles. The normalized spacial score (nSPS) is 18.9. The number of ether oxygens (including phenoxy) is 1.